The number of hydrogen-bond donors (Lipinski definition) is 1. The Morgan fingerprint density at radius 3 is 2.82 bits per heavy atom. The van der Waals surface area contributed by atoms with Crippen molar-refractivity contribution in [2.24, 2.45) is 0 Å². The summed E-state index contributed by atoms with van der Waals surface area (Å²) < 4.78 is 5.41. The summed E-state index contributed by atoms with van der Waals surface area (Å²) in [6.07, 6.45) is 0. The van der Waals surface area contributed by atoms with Gasteiger partial charge in [-0.1, -0.05) is 15.9 Å². The SMILES string of the molecule is CCNc1nc(CSc2ccc(Br)cc2)ns1. The number of nitrogens with one attached hydrogen (secondary N) is 1. The van der Waals surface area contributed by atoms with Gasteiger partial charge in [0.05, 0.1) is 5.75 Å². The second-order valence-electron chi connectivity index (χ2n) is 3.29. The van der Waals surface area contributed by atoms with E-state index in [1.54, 1.807) is 11.8 Å². The van der Waals surface area contributed by atoms with Gasteiger partial charge in [-0.2, -0.15) is 4.37 Å². The first-order chi connectivity index (χ1) is 8.28. The molecule has 0 radical (unpaired) electrons. The Bertz CT molecular complexity index is 470. The molecule has 1 aromatic carbocycles. The topological polar surface area (TPSA) is 37.8 Å². The monoisotopic (exact) mass is 329 g/mol. The van der Waals surface area contributed by atoms with Gasteiger partial charge in [0.25, 0.3) is 0 Å². The van der Waals surface area contributed by atoms with E-state index in [0.717, 1.165) is 27.7 Å². The second-order valence-corrected chi connectivity index (χ2v) is 6.00. The molecule has 1 N–H and O–H groups in total. The van der Waals surface area contributed by atoms with Gasteiger partial charge in [0.15, 0.2) is 5.82 Å². The first kappa shape index (κ1) is 12.9. The van der Waals surface area contributed by atoms with Crippen LogP contribution in [0, 0.1) is 0 Å². The maximum atomic E-state index is 4.40. The van der Waals surface area contributed by atoms with Gasteiger partial charge in [-0.15, -0.1) is 11.8 Å². The summed E-state index contributed by atoms with van der Waals surface area (Å²) in [4.78, 5) is 5.63. The molecule has 3 nitrogen and oxygen atoms in total. The molecule has 2 rings (SSSR count). The smallest absolute Gasteiger partial charge is 0.202 e. The van der Waals surface area contributed by atoms with E-state index < -0.39 is 0 Å². The molecule has 0 fully saturated rings. The Morgan fingerprint density at radius 1 is 1.35 bits per heavy atom. The normalized spacial score (nSPS) is 10.5. The van der Waals surface area contributed by atoms with Gasteiger partial charge in [0.1, 0.15) is 0 Å². The van der Waals surface area contributed by atoms with E-state index in [4.69, 9.17) is 0 Å². The highest BCUT2D eigenvalue weighted by Crippen LogP contribution is 2.24. The zero-order valence-corrected chi connectivity index (χ0v) is 12.5. The molecule has 0 amide bonds. The number of thioether (sulfide) groups is 1. The predicted molar refractivity (Wildman–Crippen MR) is 77.8 cm³/mol. The van der Waals surface area contributed by atoms with Gasteiger partial charge in [-0.25, -0.2) is 4.98 Å². The fraction of sp³-hybridized carbons (Fsp3) is 0.273. The molecule has 0 aliphatic carbocycles. The van der Waals surface area contributed by atoms with Crippen molar-refractivity contribution in [2.75, 3.05) is 11.9 Å². The summed E-state index contributed by atoms with van der Waals surface area (Å²) >= 11 is 6.59. The van der Waals surface area contributed by atoms with Crippen LogP contribution in [0.15, 0.2) is 33.6 Å². The molecule has 0 saturated carbocycles. The van der Waals surface area contributed by atoms with Crippen molar-refractivity contribution in [1.82, 2.24) is 9.36 Å². The second kappa shape index (κ2) is 6.37. The molecule has 90 valence electrons. The minimum Gasteiger partial charge on any atom is -0.361 e. The molecule has 0 atom stereocenters. The van der Waals surface area contributed by atoms with Gasteiger partial charge in [-0.3, -0.25) is 0 Å². The van der Waals surface area contributed by atoms with Crippen LogP contribution in [0.25, 0.3) is 0 Å². The van der Waals surface area contributed by atoms with Crippen LogP contribution >= 0.6 is 39.2 Å². The van der Waals surface area contributed by atoms with E-state index in [2.05, 4.69) is 49.7 Å². The van der Waals surface area contributed by atoms with Gasteiger partial charge in [0.2, 0.25) is 5.13 Å². The lowest BCUT2D eigenvalue weighted by atomic mass is 10.4. The quantitative estimate of drug-likeness (QED) is 0.840. The molecule has 0 saturated heterocycles. The van der Waals surface area contributed by atoms with Gasteiger partial charge in [-0.05, 0) is 31.2 Å². The molecule has 2 aromatic rings. The van der Waals surface area contributed by atoms with Crippen LogP contribution in [0.3, 0.4) is 0 Å². The van der Waals surface area contributed by atoms with Crippen LogP contribution in [0.4, 0.5) is 5.13 Å². The third-order valence-corrected chi connectivity index (χ3v) is 4.22. The Labute approximate surface area is 117 Å². The summed E-state index contributed by atoms with van der Waals surface area (Å²) in [6.45, 7) is 2.94. The summed E-state index contributed by atoms with van der Waals surface area (Å²) in [7, 11) is 0. The largest absolute Gasteiger partial charge is 0.361 e. The highest BCUT2D eigenvalue weighted by molar-refractivity contribution is 9.10. The average molecular weight is 330 g/mol. The Balaban J connectivity index is 1.90. The van der Waals surface area contributed by atoms with Crippen LogP contribution in [0.1, 0.15) is 12.7 Å². The lowest BCUT2D eigenvalue weighted by Crippen LogP contribution is -1.95. The number of hydrogen-bond acceptors (Lipinski definition) is 5. The maximum absolute atomic E-state index is 4.40. The first-order valence-electron chi connectivity index (χ1n) is 5.22. The molecule has 1 heterocycles. The summed E-state index contributed by atoms with van der Waals surface area (Å²) in [5, 5.41) is 4.06. The molecule has 6 heteroatoms. The fourth-order valence-corrected chi connectivity index (χ4v) is 2.97. The minimum atomic E-state index is 0.809. The number of benzene rings is 1. The zero-order chi connectivity index (χ0) is 12.1. The number of aromatic nitrogens is 2. The zero-order valence-electron chi connectivity index (χ0n) is 9.31. The summed E-state index contributed by atoms with van der Waals surface area (Å²) in [5.41, 5.74) is 0. The molecule has 0 spiro atoms. The van der Waals surface area contributed by atoms with E-state index >= 15 is 0 Å². The van der Waals surface area contributed by atoms with Crippen LogP contribution < -0.4 is 5.32 Å². The van der Waals surface area contributed by atoms with E-state index in [0.29, 0.717) is 0 Å². The minimum absolute atomic E-state index is 0.809. The van der Waals surface area contributed by atoms with E-state index in [9.17, 15) is 0 Å². The highest BCUT2D eigenvalue weighted by Gasteiger charge is 2.03. The molecule has 0 aliphatic rings. The molecular formula is C11H12BrN3S2. The lowest BCUT2D eigenvalue weighted by molar-refractivity contribution is 1.11. The number of anilines is 1. The molecule has 1 aromatic heterocycles. The first-order valence-corrected chi connectivity index (χ1v) is 7.78. The molecule has 0 aliphatic heterocycles. The van der Waals surface area contributed by atoms with Crippen LogP contribution in [0.2, 0.25) is 0 Å². The van der Waals surface area contributed by atoms with Crippen LogP contribution in [-0.4, -0.2) is 15.9 Å². The van der Waals surface area contributed by atoms with Crippen molar-refractivity contribution in [3.63, 3.8) is 0 Å². The lowest BCUT2D eigenvalue weighted by Gasteiger charge is -1.98. The van der Waals surface area contributed by atoms with Crippen LogP contribution in [-0.2, 0) is 5.75 Å². The third-order valence-electron chi connectivity index (χ3n) is 1.98. The van der Waals surface area contributed by atoms with Crippen LogP contribution in [0.5, 0.6) is 0 Å². The van der Waals surface area contributed by atoms with Crippen molar-refractivity contribution in [2.45, 2.75) is 17.6 Å². The predicted octanol–water partition coefficient (Wildman–Crippen LogP) is 4.02. The van der Waals surface area contributed by atoms with Gasteiger partial charge >= 0.3 is 0 Å². The molecule has 0 unspecified atom stereocenters. The van der Waals surface area contributed by atoms with Crippen molar-refractivity contribution >= 4 is 44.4 Å². The van der Waals surface area contributed by atoms with E-state index in [1.807, 2.05) is 12.1 Å². The van der Waals surface area contributed by atoms with Crippen molar-refractivity contribution < 1.29 is 0 Å². The Morgan fingerprint density at radius 2 is 2.12 bits per heavy atom. The van der Waals surface area contributed by atoms with Crippen molar-refractivity contribution in [1.29, 1.82) is 0 Å². The standard InChI is InChI=1S/C11H12BrN3S2/c1-2-13-11-14-10(15-17-11)7-16-9-5-3-8(12)4-6-9/h3-6H,2,7H2,1H3,(H,13,14,15). The summed E-state index contributed by atoms with van der Waals surface area (Å²) in [5.74, 6) is 1.70. The van der Waals surface area contributed by atoms with Crippen molar-refractivity contribution in [3.8, 4) is 0 Å². The fourth-order valence-electron chi connectivity index (χ4n) is 1.21. The third kappa shape index (κ3) is 3.97. The van der Waals surface area contributed by atoms with E-state index in [-0.39, 0.29) is 0 Å². The molecule has 0 bridgehead atoms. The van der Waals surface area contributed by atoms with Gasteiger partial charge < -0.3 is 5.32 Å². The number of rotatable bonds is 5. The van der Waals surface area contributed by atoms with Gasteiger partial charge in [0, 0.05) is 27.4 Å². The molecular weight excluding hydrogens is 318 g/mol. The number of halogens is 1. The van der Waals surface area contributed by atoms with E-state index in [1.165, 1.54) is 16.4 Å². The Hall–Kier alpha value is -0.590. The average Bonchev–Trinajstić information content (AvgIpc) is 2.77. The molecule has 17 heavy (non-hydrogen) atoms. The number of nitrogens with zero attached hydrogens (tertiary/aromatic N) is 2. The Kier molecular flexibility index (Phi) is 4.82. The van der Waals surface area contributed by atoms with Crippen molar-refractivity contribution in [3.05, 3.63) is 34.6 Å². The highest BCUT2D eigenvalue weighted by atomic mass is 79.9. The summed E-state index contributed by atoms with van der Waals surface area (Å²) in [6, 6.07) is 8.26. The maximum Gasteiger partial charge on any atom is 0.202 e.